The molecule has 6 nitrogen and oxygen atoms in total. The summed E-state index contributed by atoms with van der Waals surface area (Å²) in [5.41, 5.74) is 6.26. The van der Waals surface area contributed by atoms with Gasteiger partial charge in [-0.05, 0) is 6.07 Å². The van der Waals surface area contributed by atoms with Crippen molar-refractivity contribution in [2.45, 2.75) is 0 Å². The Bertz CT molecular complexity index is 611. The van der Waals surface area contributed by atoms with Crippen LogP contribution in [0.3, 0.4) is 0 Å². The minimum Gasteiger partial charge on any atom is -0.492 e. The van der Waals surface area contributed by atoms with Crippen molar-refractivity contribution in [3.8, 4) is 11.5 Å². The lowest BCUT2D eigenvalue weighted by atomic mass is 10.1. The van der Waals surface area contributed by atoms with E-state index in [0.717, 1.165) is 0 Å². The summed E-state index contributed by atoms with van der Waals surface area (Å²) in [5, 5.41) is 0.223. The summed E-state index contributed by atoms with van der Waals surface area (Å²) >= 11 is 5.99. The lowest BCUT2D eigenvalue weighted by molar-refractivity contribution is 0.0956. The van der Waals surface area contributed by atoms with Gasteiger partial charge in [0.05, 0.1) is 30.5 Å². The number of benzene rings is 1. The second kappa shape index (κ2) is 5.19. The van der Waals surface area contributed by atoms with Crippen LogP contribution in [0.5, 0.6) is 11.5 Å². The van der Waals surface area contributed by atoms with E-state index in [-0.39, 0.29) is 33.7 Å². The Kier molecular flexibility index (Phi) is 3.62. The predicted molar refractivity (Wildman–Crippen MR) is 70.9 cm³/mol. The van der Waals surface area contributed by atoms with Crippen LogP contribution in [0.25, 0.3) is 0 Å². The molecule has 0 saturated carbocycles. The Hall–Kier alpha value is -2.21. The highest BCUT2D eigenvalue weighted by molar-refractivity contribution is 6.34. The quantitative estimate of drug-likeness (QED) is 0.868. The van der Waals surface area contributed by atoms with Gasteiger partial charge in [-0.25, -0.2) is 4.98 Å². The lowest BCUT2D eigenvalue weighted by Crippen LogP contribution is -2.12. The minimum absolute atomic E-state index is 0.223. The molecule has 0 amide bonds. The number of anilines is 1. The molecule has 1 heterocycles. The molecule has 19 heavy (non-hydrogen) atoms. The third-order valence-corrected chi connectivity index (χ3v) is 2.91. The minimum atomic E-state index is -0.338. The Morgan fingerprint density at radius 1 is 1.37 bits per heavy atom. The van der Waals surface area contributed by atoms with Crippen LogP contribution in [-0.4, -0.2) is 29.7 Å². The second-order valence-corrected chi connectivity index (χ2v) is 4.07. The SMILES string of the molecule is COc1c(C(=O)n2ccnc2)cc(Cl)c(N)c1OC. The molecule has 0 fully saturated rings. The molecular formula is C12H12ClN3O3. The van der Waals surface area contributed by atoms with Crippen LogP contribution in [0.15, 0.2) is 24.8 Å². The first-order valence-corrected chi connectivity index (χ1v) is 5.70. The Morgan fingerprint density at radius 2 is 2.05 bits per heavy atom. The standard InChI is InChI=1S/C12H12ClN3O3/c1-18-10-7(12(17)16-4-3-15-6-16)5-8(13)9(14)11(10)19-2/h3-6H,14H2,1-2H3. The van der Waals surface area contributed by atoms with Crippen molar-refractivity contribution < 1.29 is 14.3 Å². The zero-order valence-electron chi connectivity index (χ0n) is 10.4. The molecule has 0 bridgehead atoms. The summed E-state index contributed by atoms with van der Waals surface area (Å²) in [4.78, 5) is 16.1. The molecule has 0 spiro atoms. The largest absolute Gasteiger partial charge is 0.492 e. The first-order valence-electron chi connectivity index (χ1n) is 5.32. The maximum absolute atomic E-state index is 12.3. The van der Waals surface area contributed by atoms with Gasteiger partial charge in [-0.15, -0.1) is 0 Å². The van der Waals surface area contributed by atoms with E-state index in [9.17, 15) is 4.79 Å². The number of methoxy groups -OCH3 is 2. The second-order valence-electron chi connectivity index (χ2n) is 3.66. The van der Waals surface area contributed by atoms with Crippen LogP contribution in [-0.2, 0) is 0 Å². The summed E-state index contributed by atoms with van der Waals surface area (Å²) < 4.78 is 11.7. The predicted octanol–water partition coefficient (Wildman–Crippen LogP) is 1.82. The van der Waals surface area contributed by atoms with Crippen LogP contribution in [0.1, 0.15) is 10.4 Å². The molecule has 100 valence electrons. The smallest absolute Gasteiger partial charge is 0.267 e. The Labute approximate surface area is 114 Å². The van der Waals surface area contributed by atoms with E-state index in [0.29, 0.717) is 0 Å². The molecule has 1 aromatic carbocycles. The monoisotopic (exact) mass is 281 g/mol. The highest BCUT2D eigenvalue weighted by Gasteiger charge is 2.22. The number of carbonyl (C=O) groups excluding carboxylic acids is 1. The van der Waals surface area contributed by atoms with Gasteiger partial charge in [0.2, 0.25) is 0 Å². The van der Waals surface area contributed by atoms with Gasteiger partial charge in [0.1, 0.15) is 6.33 Å². The fourth-order valence-corrected chi connectivity index (χ4v) is 1.90. The molecule has 2 N–H and O–H groups in total. The highest BCUT2D eigenvalue weighted by Crippen LogP contribution is 2.41. The average molecular weight is 282 g/mol. The molecule has 1 aromatic heterocycles. The van der Waals surface area contributed by atoms with E-state index in [1.165, 1.54) is 43.6 Å². The zero-order valence-corrected chi connectivity index (χ0v) is 11.1. The third-order valence-electron chi connectivity index (χ3n) is 2.60. The fourth-order valence-electron chi connectivity index (χ4n) is 1.71. The molecule has 0 aliphatic heterocycles. The van der Waals surface area contributed by atoms with Crippen LogP contribution >= 0.6 is 11.6 Å². The van der Waals surface area contributed by atoms with Crippen LogP contribution in [0.4, 0.5) is 5.69 Å². The number of ether oxygens (including phenoxy) is 2. The number of hydrogen-bond donors (Lipinski definition) is 1. The third kappa shape index (κ3) is 2.22. The van der Waals surface area contributed by atoms with Crippen molar-refractivity contribution >= 4 is 23.2 Å². The van der Waals surface area contributed by atoms with Gasteiger partial charge < -0.3 is 15.2 Å². The van der Waals surface area contributed by atoms with Gasteiger partial charge >= 0.3 is 0 Å². The summed E-state index contributed by atoms with van der Waals surface area (Å²) in [6, 6.07) is 1.45. The number of carbonyl (C=O) groups is 1. The molecule has 0 unspecified atom stereocenters. The first kappa shape index (κ1) is 13.2. The first-order chi connectivity index (χ1) is 9.10. The number of hydrogen-bond acceptors (Lipinski definition) is 5. The Balaban J connectivity index is 2.63. The van der Waals surface area contributed by atoms with Gasteiger partial charge in [0, 0.05) is 12.4 Å². The van der Waals surface area contributed by atoms with E-state index < -0.39 is 0 Å². The van der Waals surface area contributed by atoms with Crippen molar-refractivity contribution in [2.75, 3.05) is 20.0 Å². The molecule has 0 aliphatic rings. The van der Waals surface area contributed by atoms with Gasteiger partial charge in [-0.1, -0.05) is 11.6 Å². The molecule has 0 saturated heterocycles. The lowest BCUT2D eigenvalue weighted by Gasteiger charge is -2.15. The highest BCUT2D eigenvalue weighted by atomic mass is 35.5. The van der Waals surface area contributed by atoms with Crippen LogP contribution < -0.4 is 15.2 Å². The number of nitrogen functional groups attached to an aromatic ring is 1. The van der Waals surface area contributed by atoms with Crippen LogP contribution in [0.2, 0.25) is 5.02 Å². The average Bonchev–Trinajstić information content (AvgIpc) is 2.94. The van der Waals surface area contributed by atoms with Gasteiger partial charge in [0.25, 0.3) is 5.91 Å². The maximum atomic E-state index is 12.3. The van der Waals surface area contributed by atoms with Crippen molar-refractivity contribution in [2.24, 2.45) is 0 Å². The molecular weight excluding hydrogens is 270 g/mol. The van der Waals surface area contributed by atoms with E-state index in [2.05, 4.69) is 4.98 Å². The van der Waals surface area contributed by atoms with Gasteiger partial charge in [-0.2, -0.15) is 0 Å². The molecule has 0 atom stereocenters. The summed E-state index contributed by atoms with van der Waals surface area (Å²) in [6.07, 6.45) is 4.41. The number of nitrogens with two attached hydrogens (primary N) is 1. The van der Waals surface area contributed by atoms with Crippen molar-refractivity contribution in [3.63, 3.8) is 0 Å². The number of aromatic nitrogens is 2. The van der Waals surface area contributed by atoms with Gasteiger partial charge in [-0.3, -0.25) is 9.36 Å². The van der Waals surface area contributed by atoms with Crippen molar-refractivity contribution in [3.05, 3.63) is 35.4 Å². The van der Waals surface area contributed by atoms with E-state index >= 15 is 0 Å². The fraction of sp³-hybridized carbons (Fsp3) is 0.167. The number of nitrogens with zero attached hydrogens (tertiary/aromatic N) is 2. The molecule has 2 rings (SSSR count). The normalized spacial score (nSPS) is 10.3. The number of rotatable bonds is 3. The van der Waals surface area contributed by atoms with E-state index in [1.54, 1.807) is 0 Å². The summed E-state index contributed by atoms with van der Waals surface area (Å²) in [6.45, 7) is 0. The van der Waals surface area contributed by atoms with E-state index in [1.807, 2.05) is 0 Å². The summed E-state index contributed by atoms with van der Waals surface area (Å²) in [5.74, 6) is 0.135. The van der Waals surface area contributed by atoms with Gasteiger partial charge in [0.15, 0.2) is 11.5 Å². The number of halogens is 1. The van der Waals surface area contributed by atoms with Crippen molar-refractivity contribution in [1.82, 2.24) is 9.55 Å². The molecule has 0 radical (unpaired) electrons. The zero-order chi connectivity index (χ0) is 14.0. The Morgan fingerprint density at radius 3 is 2.58 bits per heavy atom. The number of imidazole rings is 1. The van der Waals surface area contributed by atoms with E-state index in [4.69, 9.17) is 26.8 Å². The molecule has 2 aromatic rings. The van der Waals surface area contributed by atoms with Crippen LogP contribution in [0, 0.1) is 0 Å². The summed E-state index contributed by atoms with van der Waals surface area (Å²) in [7, 11) is 2.85. The molecule has 7 heteroatoms. The maximum Gasteiger partial charge on any atom is 0.267 e. The van der Waals surface area contributed by atoms with Crippen molar-refractivity contribution in [1.29, 1.82) is 0 Å². The topological polar surface area (TPSA) is 79.4 Å². The molecule has 0 aliphatic carbocycles.